The minimum Gasteiger partial charge on any atom is -0.482 e. The van der Waals surface area contributed by atoms with Crippen LogP contribution >= 0.6 is 0 Å². The summed E-state index contributed by atoms with van der Waals surface area (Å²) in [5.41, 5.74) is 2.79. The predicted octanol–water partition coefficient (Wildman–Crippen LogP) is 3.25. The number of rotatable bonds is 6. The van der Waals surface area contributed by atoms with Crippen molar-refractivity contribution in [3.63, 3.8) is 0 Å². The van der Waals surface area contributed by atoms with Crippen LogP contribution in [0.1, 0.15) is 18.1 Å². The van der Waals surface area contributed by atoms with Crippen LogP contribution in [0.5, 0.6) is 5.75 Å². The van der Waals surface area contributed by atoms with Crippen LogP contribution in [0.15, 0.2) is 48.5 Å². The molecule has 0 fully saturated rings. The Balaban J connectivity index is 1.80. The van der Waals surface area contributed by atoms with Gasteiger partial charge in [0, 0.05) is 5.69 Å². The molecule has 1 N–H and O–H groups in total. The van der Waals surface area contributed by atoms with Gasteiger partial charge in [-0.15, -0.1) is 0 Å². The number of hydrogen-bond acceptors (Lipinski definition) is 4. The second-order valence-corrected chi connectivity index (χ2v) is 5.59. The van der Waals surface area contributed by atoms with Crippen LogP contribution in [0, 0.1) is 13.8 Å². The zero-order chi connectivity index (χ0) is 17.5. The molecule has 5 nitrogen and oxygen atoms in total. The molecule has 2 aromatic rings. The Kier molecular flexibility index (Phi) is 5.95. The number of carbonyl (C=O) groups is 2. The van der Waals surface area contributed by atoms with Crippen molar-refractivity contribution in [1.82, 2.24) is 0 Å². The van der Waals surface area contributed by atoms with Gasteiger partial charge >= 0.3 is 5.97 Å². The van der Waals surface area contributed by atoms with Crippen molar-refractivity contribution in [2.45, 2.75) is 26.9 Å². The third-order valence-electron chi connectivity index (χ3n) is 3.34. The highest BCUT2D eigenvalue weighted by Gasteiger charge is 2.18. The standard InChI is InChI=1S/C19H21NO4/c1-13-7-9-16(10-8-13)20-19(22)15(3)24-18(21)12-23-17-6-4-5-14(2)11-17/h4-11,15H,12H2,1-3H3,(H,20,22)/t15-/m0/s1. The molecular formula is C19H21NO4. The summed E-state index contributed by atoms with van der Waals surface area (Å²) in [5.74, 6) is -0.394. The van der Waals surface area contributed by atoms with E-state index < -0.39 is 12.1 Å². The van der Waals surface area contributed by atoms with E-state index in [0.717, 1.165) is 11.1 Å². The van der Waals surface area contributed by atoms with E-state index in [4.69, 9.17) is 9.47 Å². The summed E-state index contributed by atoms with van der Waals surface area (Å²) >= 11 is 0. The molecule has 0 aliphatic carbocycles. The Hall–Kier alpha value is -2.82. The van der Waals surface area contributed by atoms with Crippen LogP contribution in [-0.2, 0) is 14.3 Å². The topological polar surface area (TPSA) is 64.6 Å². The number of aryl methyl sites for hydroxylation is 2. The van der Waals surface area contributed by atoms with Crippen molar-refractivity contribution < 1.29 is 19.1 Å². The van der Waals surface area contributed by atoms with Gasteiger partial charge in [-0.3, -0.25) is 4.79 Å². The van der Waals surface area contributed by atoms with E-state index in [2.05, 4.69) is 5.32 Å². The summed E-state index contributed by atoms with van der Waals surface area (Å²) in [7, 11) is 0. The van der Waals surface area contributed by atoms with Crippen LogP contribution in [0.25, 0.3) is 0 Å². The average Bonchev–Trinajstić information content (AvgIpc) is 2.55. The lowest BCUT2D eigenvalue weighted by atomic mass is 10.2. The van der Waals surface area contributed by atoms with Gasteiger partial charge in [0.1, 0.15) is 5.75 Å². The number of anilines is 1. The van der Waals surface area contributed by atoms with Gasteiger partial charge in [-0.1, -0.05) is 29.8 Å². The highest BCUT2D eigenvalue weighted by atomic mass is 16.6. The lowest BCUT2D eigenvalue weighted by Crippen LogP contribution is -2.31. The largest absolute Gasteiger partial charge is 0.482 e. The summed E-state index contributed by atoms with van der Waals surface area (Å²) in [6.07, 6.45) is -0.903. The highest BCUT2D eigenvalue weighted by Crippen LogP contribution is 2.13. The predicted molar refractivity (Wildman–Crippen MR) is 92.0 cm³/mol. The Morgan fingerprint density at radius 3 is 2.42 bits per heavy atom. The summed E-state index contributed by atoms with van der Waals surface area (Å²) in [6.45, 7) is 5.17. The van der Waals surface area contributed by atoms with Crippen molar-refractivity contribution in [2.24, 2.45) is 0 Å². The maximum Gasteiger partial charge on any atom is 0.344 e. The van der Waals surface area contributed by atoms with Gasteiger partial charge in [-0.25, -0.2) is 4.79 Å². The second-order valence-electron chi connectivity index (χ2n) is 5.59. The fraction of sp³-hybridized carbons (Fsp3) is 0.263. The Morgan fingerprint density at radius 1 is 1.04 bits per heavy atom. The summed E-state index contributed by atoms with van der Waals surface area (Å²) in [5, 5.41) is 2.70. The zero-order valence-corrected chi connectivity index (χ0v) is 14.0. The normalized spacial score (nSPS) is 11.5. The lowest BCUT2D eigenvalue weighted by molar-refractivity contribution is -0.155. The highest BCUT2D eigenvalue weighted by molar-refractivity contribution is 5.95. The molecule has 0 aromatic heterocycles. The van der Waals surface area contributed by atoms with Crippen LogP contribution in [0.4, 0.5) is 5.69 Å². The molecular weight excluding hydrogens is 306 g/mol. The molecule has 0 heterocycles. The van der Waals surface area contributed by atoms with Gasteiger partial charge in [0.25, 0.3) is 5.91 Å². The maximum atomic E-state index is 12.0. The molecule has 0 aliphatic rings. The maximum absolute atomic E-state index is 12.0. The lowest BCUT2D eigenvalue weighted by Gasteiger charge is -2.14. The first-order chi connectivity index (χ1) is 11.4. The Bertz CT molecular complexity index is 710. The molecule has 0 radical (unpaired) electrons. The molecule has 2 aromatic carbocycles. The van der Waals surface area contributed by atoms with E-state index in [9.17, 15) is 9.59 Å². The zero-order valence-electron chi connectivity index (χ0n) is 14.0. The molecule has 2 rings (SSSR count). The Labute approximate surface area is 141 Å². The first-order valence-electron chi connectivity index (χ1n) is 7.70. The molecule has 0 bridgehead atoms. The van der Waals surface area contributed by atoms with E-state index in [1.54, 1.807) is 18.2 Å². The van der Waals surface area contributed by atoms with Gasteiger partial charge in [0.15, 0.2) is 12.7 Å². The molecule has 0 saturated carbocycles. The average molecular weight is 327 g/mol. The Morgan fingerprint density at radius 2 is 1.75 bits per heavy atom. The molecule has 0 saturated heterocycles. The number of hydrogen-bond donors (Lipinski definition) is 1. The van der Waals surface area contributed by atoms with E-state index in [-0.39, 0.29) is 12.5 Å². The third-order valence-corrected chi connectivity index (χ3v) is 3.34. The number of ether oxygens (including phenoxy) is 2. The summed E-state index contributed by atoms with van der Waals surface area (Å²) in [4.78, 5) is 23.8. The van der Waals surface area contributed by atoms with Gasteiger partial charge in [-0.2, -0.15) is 0 Å². The fourth-order valence-corrected chi connectivity index (χ4v) is 2.01. The molecule has 24 heavy (non-hydrogen) atoms. The van der Waals surface area contributed by atoms with Crippen molar-refractivity contribution in [3.8, 4) is 5.75 Å². The van der Waals surface area contributed by atoms with Crippen molar-refractivity contribution in [3.05, 3.63) is 59.7 Å². The quantitative estimate of drug-likeness (QED) is 0.827. The summed E-state index contributed by atoms with van der Waals surface area (Å²) < 4.78 is 10.4. The van der Waals surface area contributed by atoms with Crippen molar-refractivity contribution in [1.29, 1.82) is 0 Å². The number of amides is 1. The number of carbonyl (C=O) groups excluding carboxylic acids is 2. The van der Waals surface area contributed by atoms with E-state index in [0.29, 0.717) is 11.4 Å². The molecule has 1 amide bonds. The van der Waals surface area contributed by atoms with Gasteiger partial charge < -0.3 is 14.8 Å². The minimum absolute atomic E-state index is 0.244. The van der Waals surface area contributed by atoms with E-state index in [1.165, 1.54) is 6.92 Å². The molecule has 0 aliphatic heterocycles. The summed E-state index contributed by atoms with van der Waals surface area (Å²) in [6, 6.07) is 14.7. The van der Waals surface area contributed by atoms with Crippen LogP contribution in [0.3, 0.4) is 0 Å². The molecule has 5 heteroatoms. The third kappa shape index (κ3) is 5.43. The number of benzene rings is 2. The molecule has 0 spiro atoms. The van der Waals surface area contributed by atoms with Gasteiger partial charge in [0.05, 0.1) is 0 Å². The van der Waals surface area contributed by atoms with Crippen molar-refractivity contribution in [2.75, 3.05) is 11.9 Å². The van der Waals surface area contributed by atoms with Crippen LogP contribution in [-0.4, -0.2) is 24.6 Å². The minimum atomic E-state index is -0.903. The van der Waals surface area contributed by atoms with Crippen LogP contribution < -0.4 is 10.1 Å². The second kappa shape index (κ2) is 8.15. The monoisotopic (exact) mass is 327 g/mol. The fourth-order valence-electron chi connectivity index (χ4n) is 2.01. The van der Waals surface area contributed by atoms with Gasteiger partial charge in [-0.05, 0) is 50.6 Å². The number of esters is 1. The molecule has 126 valence electrons. The smallest absolute Gasteiger partial charge is 0.344 e. The first kappa shape index (κ1) is 17.5. The SMILES string of the molecule is Cc1ccc(NC(=O)[C@H](C)OC(=O)COc2cccc(C)c2)cc1. The molecule has 0 unspecified atom stereocenters. The van der Waals surface area contributed by atoms with Gasteiger partial charge in [0.2, 0.25) is 0 Å². The number of nitrogens with one attached hydrogen (secondary N) is 1. The first-order valence-corrected chi connectivity index (χ1v) is 7.70. The van der Waals surface area contributed by atoms with Crippen molar-refractivity contribution >= 4 is 17.6 Å². The van der Waals surface area contributed by atoms with E-state index >= 15 is 0 Å². The van der Waals surface area contributed by atoms with Crippen LogP contribution in [0.2, 0.25) is 0 Å². The molecule has 1 atom stereocenters. The van der Waals surface area contributed by atoms with E-state index in [1.807, 2.05) is 44.2 Å².